The van der Waals surface area contributed by atoms with Crippen LogP contribution in [0.25, 0.3) is 0 Å². The zero-order valence-corrected chi connectivity index (χ0v) is 10.2. The molecule has 1 fully saturated rings. The number of hydrogen-bond donors (Lipinski definition) is 6. The monoisotopic (exact) mass is 270 g/mol. The Kier molecular flexibility index (Phi) is 3.65. The van der Waals surface area contributed by atoms with E-state index in [0.717, 1.165) is 0 Å². The molecule has 0 spiro atoms. The smallest absolute Gasteiger partial charge is 0.134 e. The highest BCUT2D eigenvalue weighted by Crippen LogP contribution is 2.62. The van der Waals surface area contributed by atoms with Crippen LogP contribution in [0.5, 0.6) is 0 Å². The molecule has 1 aromatic rings. The number of hydrogen-bond acceptors (Lipinski definition) is 6. The molecule has 6 nitrogen and oxygen atoms in total. The Morgan fingerprint density at radius 1 is 1.05 bits per heavy atom. The molecule has 1 aliphatic rings. The molecule has 0 aromatic heterocycles. The number of benzene rings is 1. The summed E-state index contributed by atoms with van der Waals surface area (Å²) < 4.78 is 0. The van der Waals surface area contributed by atoms with E-state index in [9.17, 15) is 25.5 Å². The Labute approximate surface area is 110 Å². The van der Waals surface area contributed by atoms with E-state index in [1.54, 1.807) is 30.3 Å². The second-order valence-electron chi connectivity index (χ2n) is 4.95. The Bertz CT molecular complexity index is 438. The van der Waals surface area contributed by atoms with Crippen LogP contribution in [0.1, 0.15) is 11.5 Å². The number of aliphatic hydroxyl groups is 6. The normalized spacial score (nSPS) is 36.8. The molecule has 0 heterocycles. The average molecular weight is 270 g/mol. The second-order valence-corrected chi connectivity index (χ2v) is 4.95. The molecule has 6 N–H and O–H groups in total. The van der Waals surface area contributed by atoms with E-state index in [1.807, 2.05) is 0 Å². The Morgan fingerprint density at radius 3 is 2.11 bits per heavy atom. The molecule has 6 heteroatoms. The van der Waals surface area contributed by atoms with Crippen molar-refractivity contribution in [2.45, 2.75) is 29.3 Å². The van der Waals surface area contributed by atoms with Crippen molar-refractivity contribution in [3.63, 3.8) is 0 Å². The summed E-state index contributed by atoms with van der Waals surface area (Å²) in [5, 5.41) is 58.1. The summed E-state index contributed by atoms with van der Waals surface area (Å²) in [7, 11) is 0. The molecule has 0 radical (unpaired) electrons. The van der Waals surface area contributed by atoms with Crippen LogP contribution in [0, 0.1) is 0 Å². The first-order chi connectivity index (χ1) is 8.93. The van der Waals surface area contributed by atoms with Gasteiger partial charge in [-0.25, -0.2) is 0 Å². The van der Waals surface area contributed by atoms with Crippen LogP contribution >= 0.6 is 0 Å². The van der Waals surface area contributed by atoms with Crippen LogP contribution in [-0.4, -0.2) is 67.3 Å². The quantitative estimate of drug-likeness (QED) is 0.366. The van der Waals surface area contributed by atoms with E-state index in [4.69, 9.17) is 5.11 Å². The van der Waals surface area contributed by atoms with Gasteiger partial charge in [-0.2, -0.15) is 0 Å². The van der Waals surface area contributed by atoms with Gasteiger partial charge in [0.05, 0.1) is 19.1 Å². The SMILES string of the molecule is OC[C@H](O)[C@@H](O)[C@@]1(O)C(c2ccccc2)[C@@]1(O)CO. The summed E-state index contributed by atoms with van der Waals surface area (Å²) in [6.45, 7) is -1.52. The van der Waals surface area contributed by atoms with Crippen molar-refractivity contribution >= 4 is 0 Å². The van der Waals surface area contributed by atoms with Gasteiger partial charge in [-0.05, 0) is 5.56 Å². The molecular weight excluding hydrogens is 252 g/mol. The van der Waals surface area contributed by atoms with Crippen molar-refractivity contribution in [3.8, 4) is 0 Å². The highest BCUT2D eigenvalue weighted by molar-refractivity contribution is 5.44. The van der Waals surface area contributed by atoms with Crippen molar-refractivity contribution in [1.82, 2.24) is 0 Å². The van der Waals surface area contributed by atoms with Crippen LogP contribution in [0.15, 0.2) is 30.3 Å². The molecule has 1 saturated carbocycles. The van der Waals surface area contributed by atoms with Crippen molar-refractivity contribution in [2.24, 2.45) is 0 Å². The predicted octanol–water partition coefficient (Wildman–Crippen LogP) is -2.05. The minimum absolute atomic E-state index is 0.533. The summed E-state index contributed by atoms with van der Waals surface area (Å²) in [5.41, 5.74) is -3.50. The van der Waals surface area contributed by atoms with Gasteiger partial charge in [0.2, 0.25) is 0 Å². The number of aliphatic hydroxyl groups excluding tert-OH is 4. The average Bonchev–Trinajstić information content (AvgIpc) is 2.96. The second kappa shape index (κ2) is 4.82. The first-order valence-electron chi connectivity index (χ1n) is 6.01. The Morgan fingerprint density at radius 2 is 1.63 bits per heavy atom. The van der Waals surface area contributed by atoms with Crippen molar-refractivity contribution < 1.29 is 30.6 Å². The Hall–Kier alpha value is -1.02. The first-order valence-corrected chi connectivity index (χ1v) is 6.01. The summed E-state index contributed by atoms with van der Waals surface area (Å²) in [6.07, 6.45) is -3.36. The van der Waals surface area contributed by atoms with E-state index in [2.05, 4.69) is 0 Å². The fourth-order valence-corrected chi connectivity index (χ4v) is 2.74. The summed E-state index contributed by atoms with van der Waals surface area (Å²) in [5.74, 6) is -0.928. The van der Waals surface area contributed by atoms with Gasteiger partial charge in [0, 0.05) is 0 Å². The third kappa shape index (κ3) is 1.88. The third-order valence-electron chi connectivity index (χ3n) is 3.90. The van der Waals surface area contributed by atoms with Gasteiger partial charge in [-0.3, -0.25) is 0 Å². The molecule has 0 saturated heterocycles. The standard InChI is InChI=1S/C13H18O6/c14-6-9(16)11(17)13(19)10(12(13,18)7-15)8-4-2-1-3-5-8/h1-5,9-11,14-19H,6-7H2/t9-,10?,11+,12-,13-/m0/s1. The van der Waals surface area contributed by atoms with E-state index < -0.39 is 42.5 Å². The number of rotatable bonds is 5. The molecule has 1 aliphatic carbocycles. The maximum Gasteiger partial charge on any atom is 0.134 e. The molecule has 2 rings (SSSR count). The lowest BCUT2D eigenvalue weighted by molar-refractivity contribution is -0.126. The van der Waals surface area contributed by atoms with Gasteiger partial charge < -0.3 is 30.6 Å². The molecule has 0 bridgehead atoms. The summed E-state index contributed by atoms with van der Waals surface area (Å²) in [6, 6.07) is 8.42. The molecule has 5 atom stereocenters. The molecular formula is C13H18O6. The molecule has 1 unspecified atom stereocenters. The zero-order valence-electron chi connectivity index (χ0n) is 10.2. The molecule has 1 aromatic carbocycles. The van der Waals surface area contributed by atoms with Crippen molar-refractivity contribution in [3.05, 3.63) is 35.9 Å². The lowest BCUT2D eigenvalue weighted by atomic mass is 10.0. The predicted molar refractivity (Wildman–Crippen MR) is 65.3 cm³/mol. The Balaban J connectivity index is 2.35. The topological polar surface area (TPSA) is 121 Å². The minimum Gasteiger partial charge on any atom is -0.394 e. The van der Waals surface area contributed by atoms with Gasteiger partial charge in [-0.15, -0.1) is 0 Å². The minimum atomic E-state index is -2.09. The van der Waals surface area contributed by atoms with Gasteiger partial charge >= 0.3 is 0 Å². The van der Waals surface area contributed by atoms with Crippen LogP contribution in [0.4, 0.5) is 0 Å². The fraction of sp³-hybridized carbons (Fsp3) is 0.538. The highest BCUT2D eigenvalue weighted by Gasteiger charge is 2.80. The van der Waals surface area contributed by atoms with Crippen LogP contribution in [-0.2, 0) is 0 Å². The van der Waals surface area contributed by atoms with Gasteiger partial charge in [-0.1, -0.05) is 30.3 Å². The van der Waals surface area contributed by atoms with E-state index in [-0.39, 0.29) is 0 Å². The molecule has 19 heavy (non-hydrogen) atoms. The van der Waals surface area contributed by atoms with Crippen molar-refractivity contribution in [2.75, 3.05) is 13.2 Å². The third-order valence-corrected chi connectivity index (χ3v) is 3.90. The van der Waals surface area contributed by atoms with Gasteiger partial charge in [0.1, 0.15) is 23.4 Å². The van der Waals surface area contributed by atoms with E-state index in [0.29, 0.717) is 5.56 Å². The van der Waals surface area contributed by atoms with Crippen molar-refractivity contribution in [1.29, 1.82) is 0 Å². The van der Waals surface area contributed by atoms with E-state index >= 15 is 0 Å². The highest BCUT2D eigenvalue weighted by atomic mass is 16.4. The van der Waals surface area contributed by atoms with E-state index in [1.165, 1.54) is 0 Å². The lowest BCUT2D eigenvalue weighted by Gasteiger charge is -2.24. The lowest BCUT2D eigenvalue weighted by Crippen LogP contribution is -2.47. The molecule has 0 aliphatic heterocycles. The largest absolute Gasteiger partial charge is 0.394 e. The molecule has 0 amide bonds. The van der Waals surface area contributed by atoms with Crippen LogP contribution < -0.4 is 0 Å². The summed E-state index contributed by atoms with van der Waals surface area (Å²) in [4.78, 5) is 0. The van der Waals surface area contributed by atoms with Gasteiger partial charge in [0.15, 0.2) is 0 Å². The fourth-order valence-electron chi connectivity index (χ4n) is 2.74. The first kappa shape index (κ1) is 14.4. The van der Waals surface area contributed by atoms with Crippen LogP contribution in [0.3, 0.4) is 0 Å². The molecule has 106 valence electrons. The van der Waals surface area contributed by atoms with Crippen LogP contribution in [0.2, 0.25) is 0 Å². The summed E-state index contributed by atoms with van der Waals surface area (Å²) >= 11 is 0. The maximum absolute atomic E-state index is 10.4. The zero-order chi connectivity index (χ0) is 14.3. The maximum atomic E-state index is 10.4. The van der Waals surface area contributed by atoms with Gasteiger partial charge in [0.25, 0.3) is 0 Å².